The summed E-state index contributed by atoms with van der Waals surface area (Å²) in [7, 11) is 0. The Labute approximate surface area is 99.6 Å². The average Bonchev–Trinajstić information content (AvgIpc) is 2.70. The van der Waals surface area contributed by atoms with Gasteiger partial charge in [0.2, 0.25) is 0 Å². The second kappa shape index (κ2) is 4.64. The number of nitrogens with zero attached hydrogens (tertiary/aromatic N) is 1. The van der Waals surface area contributed by atoms with Gasteiger partial charge in [-0.3, -0.25) is 4.79 Å². The predicted octanol–water partition coefficient (Wildman–Crippen LogP) is 1.23. The molecule has 3 N–H and O–H groups in total. The lowest BCUT2D eigenvalue weighted by Gasteiger charge is -2.05. The van der Waals surface area contributed by atoms with E-state index < -0.39 is 17.8 Å². The number of aliphatic carboxylic acids is 1. The summed E-state index contributed by atoms with van der Waals surface area (Å²) in [6, 6.07) is 3.46. The minimum absolute atomic E-state index is 0.198. The normalized spacial score (nSPS) is 12.6. The fraction of sp³-hybridized carbons (Fsp3) is 0.200. The maximum absolute atomic E-state index is 13.3. The fourth-order valence-electron chi connectivity index (χ4n) is 1.19. The van der Waals surface area contributed by atoms with Crippen LogP contribution in [0, 0.1) is 5.82 Å². The van der Waals surface area contributed by atoms with Crippen LogP contribution >= 0.6 is 11.3 Å². The predicted molar refractivity (Wildman–Crippen MR) is 60.7 cm³/mol. The van der Waals surface area contributed by atoms with Gasteiger partial charge in [-0.15, -0.1) is 0 Å². The van der Waals surface area contributed by atoms with E-state index in [9.17, 15) is 9.18 Å². The number of benzene rings is 1. The van der Waals surface area contributed by atoms with Crippen LogP contribution in [-0.4, -0.2) is 28.7 Å². The molecule has 0 radical (unpaired) electrons. The Kier molecular flexibility index (Phi) is 3.21. The zero-order chi connectivity index (χ0) is 12.4. The van der Waals surface area contributed by atoms with Crippen molar-refractivity contribution < 1.29 is 19.0 Å². The Morgan fingerprint density at radius 3 is 3.06 bits per heavy atom. The maximum atomic E-state index is 13.3. The number of rotatable bonds is 4. The van der Waals surface area contributed by atoms with Crippen molar-refractivity contribution in [3.63, 3.8) is 0 Å². The zero-order valence-corrected chi connectivity index (χ0v) is 9.41. The molecule has 0 spiro atoms. The van der Waals surface area contributed by atoms with E-state index in [4.69, 9.17) is 15.6 Å². The highest BCUT2D eigenvalue weighted by molar-refractivity contribution is 7.20. The molecule has 0 aliphatic carbocycles. The summed E-state index contributed by atoms with van der Waals surface area (Å²) in [6.07, 6.45) is 0. The summed E-state index contributed by atoms with van der Waals surface area (Å²) in [5.74, 6) is -1.59. The Hall–Kier alpha value is -1.73. The Morgan fingerprint density at radius 2 is 2.41 bits per heavy atom. The van der Waals surface area contributed by atoms with Crippen molar-refractivity contribution >= 4 is 27.5 Å². The number of halogens is 1. The highest BCUT2D eigenvalue weighted by Crippen LogP contribution is 2.29. The van der Waals surface area contributed by atoms with Crippen LogP contribution in [0.3, 0.4) is 0 Å². The zero-order valence-electron chi connectivity index (χ0n) is 8.59. The van der Waals surface area contributed by atoms with E-state index in [1.807, 2.05) is 0 Å². The summed E-state index contributed by atoms with van der Waals surface area (Å²) < 4.78 is 19.0. The highest BCUT2D eigenvalue weighted by Gasteiger charge is 2.14. The van der Waals surface area contributed by atoms with Gasteiger partial charge in [-0.2, -0.15) is 4.98 Å². The average molecular weight is 256 g/mol. The summed E-state index contributed by atoms with van der Waals surface area (Å²) in [5.41, 5.74) is 5.49. The van der Waals surface area contributed by atoms with Crippen LogP contribution < -0.4 is 10.5 Å². The van der Waals surface area contributed by atoms with Crippen LogP contribution in [0.15, 0.2) is 18.2 Å². The van der Waals surface area contributed by atoms with Crippen LogP contribution in [0.2, 0.25) is 0 Å². The molecule has 1 aromatic carbocycles. The van der Waals surface area contributed by atoms with Crippen molar-refractivity contribution in [3.05, 3.63) is 24.0 Å². The molecule has 7 heteroatoms. The molecule has 2 rings (SSSR count). The first-order valence-electron chi connectivity index (χ1n) is 4.74. The molecule has 0 aliphatic rings. The van der Waals surface area contributed by atoms with E-state index in [1.165, 1.54) is 6.07 Å². The van der Waals surface area contributed by atoms with E-state index in [0.29, 0.717) is 4.70 Å². The van der Waals surface area contributed by atoms with Crippen LogP contribution in [-0.2, 0) is 4.79 Å². The molecular weight excluding hydrogens is 247 g/mol. The first kappa shape index (κ1) is 11.7. The quantitative estimate of drug-likeness (QED) is 0.859. The third kappa shape index (κ3) is 2.51. The number of aromatic nitrogens is 1. The molecule has 1 heterocycles. The molecule has 17 heavy (non-hydrogen) atoms. The Balaban J connectivity index is 2.15. The lowest BCUT2D eigenvalue weighted by molar-refractivity contribution is -0.139. The Bertz CT molecular complexity index is 557. The third-order valence-corrected chi connectivity index (χ3v) is 2.99. The van der Waals surface area contributed by atoms with Crippen LogP contribution in [0.4, 0.5) is 4.39 Å². The van der Waals surface area contributed by atoms with E-state index >= 15 is 0 Å². The van der Waals surface area contributed by atoms with Gasteiger partial charge in [0.25, 0.3) is 5.19 Å². The number of nitrogens with two attached hydrogens (primary N) is 1. The van der Waals surface area contributed by atoms with Crippen LogP contribution in [0.1, 0.15) is 0 Å². The third-order valence-electron chi connectivity index (χ3n) is 2.05. The minimum atomic E-state index is -1.16. The molecule has 0 fully saturated rings. The summed E-state index contributed by atoms with van der Waals surface area (Å²) in [6.45, 7) is -0.198. The van der Waals surface area contributed by atoms with Crippen LogP contribution in [0.25, 0.3) is 10.2 Å². The topological polar surface area (TPSA) is 85.4 Å². The first-order valence-corrected chi connectivity index (χ1v) is 5.56. The van der Waals surface area contributed by atoms with E-state index in [1.54, 1.807) is 12.1 Å². The molecule has 0 saturated heterocycles. The van der Waals surface area contributed by atoms with Crippen molar-refractivity contribution in [1.82, 2.24) is 4.98 Å². The summed E-state index contributed by atoms with van der Waals surface area (Å²) in [4.78, 5) is 14.4. The largest absolute Gasteiger partial charge is 0.480 e. The van der Waals surface area contributed by atoms with E-state index in [-0.39, 0.29) is 17.3 Å². The van der Waals surface area contributed by atoms with Crippen molar-refractivity contribution in [3.8, 4) is 5.19 Å². The fourth-order valence-corrected chi connectivity index (χ4v) is 2.03. The minimum Gasteiger partial charge on any atom is -0.480 e. The number of hydrogen-bond acceptors (Lipinski definition) is 5. The number of para-hydroxylation sites is 1. The van der Waals surface area contributed by atoms with Gasteiger partial charge in [-0.1, -0.05) is 17.4 Å². The smallest absolute Gasteiger partial charge is 0.324 e. The highest BCUT2D eigenvalue weighted by atomic mass is 32.1. The van der Waals surface area contributed by atoms with Gasteiger partial charge >= 0.3 is 5.97 Å². The first-order chi connectivity index (χ1) is 8.08. The molecule has 0 bridgehead atoms. The molecule has 90 valence electrons. The summed E-state index contributed by atoms with van der Waals surface area (Å²) in [5, 5.41) is 8.77. The summed E-state index contributed by atoms with van der Waals surface area (Å²) >= 11 is 1.14. The van der Waals surface area contributed by atoms with Crippen molar-refractivity contribution in [2.45, 2.75) is 6.04 Å². The molecule has 0 aliphatic heterocycles. The lowest BCUT2D eigenvalue weighted by atomic mass is 10.3. The molecule has 2 aromatic rings. The van der Waals surface area contributed by atoms with Gasteiger partial charge in [0.1, 0.15) is 24.0 Å². The second-order valence-electron chi connectivity index (χ2n) is 3.32. The van der Waals surface area contributed by atoms with E-state index in [2.05, 4.69) is 4.98 Å². The second-order valence-corrected chi connectivity index (χ2v) is 4.32. The standard InChI is InChI=1S/C10H9FN2O3S/c11-5-2-1-3-7-8(5)13-10(17-7)16-4-6(12)9(14)15/h1-3,6H,4,12H2,(H,14,15). The molecule has 1 atom stereocenters. The number of fused-ring (bicyclic) bond motifs is 1. The molecule has 1 unspecified atom stereocenters. The van der Waals surface area contributed by atoms with Gasteiger partial charge in [-0.05, 0) is 12.1 Å². The number of carboxylic acid groups (broad SMARTS) is 1. The van der Waals surface area contributed by atoms with E-state index in [0.717, 1.165) is 11.3 Å². The van der Waals surface area contributed by atoms with Crippen molar-refractivity contribution in [2.24, 2.45) is 5.73 Å². The molecule has 1 aromatic heterocycles. The van der Waals surface area contributed by atoms with Gasteiger partial charge < -0.3 is 15.6 Å². The Morgan fingerprint density at radius 1 is 1.65 bits per heavy atom. The molecular formula is C10H9FN2O3S. The van der Waals surface area contributed by atoms with Gasteiger partial charge in [0.15, 0.2) is 0 Å². The molecule has 0 amide bonds. The molecule has 0 saturated carbocycles. The number of hydrogen-bond donors (Lipinski definition) is 2. The van der Waals surface area contributed by atoms with Crippen LogP contribution in [0.5, 0.6) is 5.19 Å². The van der Waals surface area contributed by atoms with Crippen molar-refractivity contribution in [2.75, 3.05) is 6.61 Å². The van der Waals surface area contributed by atoms with Gasteiger partial charge in [0.05, 0.1) is 4.70 Å². The number of carboxylic acids is 1. The van der Waals surface area contributed by atoms with Crippen molar-refractivity contribution in [1.29, 1.82) is 0 Å². The lowest BCUT2D eigenvalue weighted by Crippen LogP contribution is -2.36. The number of carbonyl (C=O) groups is 1. The van der Waals surface area contributed by atoms with Gasteiger partial charge in [0, 0.05) is 0 Å². The molecule has 5 nitrogen and oxygen atoms in total. The number of thiazole rings is 1. The number of ether oxygens (including phenoxy) is 1. The maximum Gasteiger partial charge on any atom is 0.324 e. The monoisotopic (exact) mass is 256 g/mol. The SMILES string of the molecule is NC(COc1nc2c(F)cccc2s1)C(=O)O. The van der Waals surface area contributed by atoms with Gasteiger partial charge in [-0.25, -0.2) is 4.39 Å².